The molecule has 0 aliphatic carbocycles. The highest BCUT2D eigenvalue weighted by atomic mass is 35.5. The van der Waals surface area contributed by atoms with Crippen molar-refractivity contribution in [3.8, 4) is 11.4 Å². The van der Waals surface area contributed by atoms with Gasteiger partial charge >= 0.3 is 7.60 Å². The van der Waals surface area contributed by atoms with Gasteiger partial charge in [-0.3, -0.25) is 9.36 Å². The molecule has 1 N–H and O–H groups in total. The minimum atomic E-state index is -3.66. The molecule has 1 heterocycles. The molecule has 0 aliphatic heterocycles. The van der Waals surface area contributed by atoms with E-state index in [1.807, 2.05) is 80.6 Å². The average Bonchev–Trinajstić information content (AvgIpc) is 3.01. The Kier molecular flexibility index (Phi) is 11.1. The molecule has 0 saturated heterocycles. The molecule has 1 aromatic heterocycles. The lowest BCUT2D eigenvalue weighted by molar-refractivity contribution is 0.198. The Morgan fingerprint density at radius 3 is 2.22 bits per heavy atom. The summed E-state index contributed by atoms with van der Waals surface area (Å²) < 4.78 is 32.8. The van der Waals surface area contributed by atoms with Gasteiger partial charge in [0.15, 0.2) is 5.78 Å². The van der Waals surface area contributed by atoms with Gasteiger partial charge in [-0.1, -0.05) is 73.6 Å². The molecule has 0 fully saturated rings. The molecule has 0 aliphatic rings. The first-order chi connectivity index (χ1) is 19.9. The van der Waals surface area contributed by atoms with E-state index in [-0.39, 0.29) is 5.02 Å². The SMILES string of the molecule is CCCOP(=O)(OCCC)C(Nc1ccc(Sc2cnn(-c3ccccc3)c(=O)c2Cl)cc1)c1ccccc1OC. The van der Waals surface area contributed by atoms with Gasteiger partial charge < -0.3 is 19.1 Å². The van der Waals surface area contributed by atoms with Crippen LogP contribution in [0.3, 0.4) is 0 Å². The summed E-state index contributed by atoms with van der Waals surface area (Å²) in [4.78, 5) is 14.3. The zero-order valence-corrected chi connectivity index (χ0v) is 25.6. The normalized spacial score (nSPS) is 12.2. The van der Waals surface area contributed by atoms with Crippen molar-refractivity contribution in [3.05, 3.63) is 106 Å². The monoisotopic (exact) mass is 613 g/mol. The molecule has 1 unspecified atom stereocenters. The number of aromatic nitrogens is 2. The van der Waals surface area contributed by atoms with Gasteiger partial charge in [0.25, 0.3) is 5.56 Å². The molecule has 0 spiro atoms. The molecule has 11 heteroatoms. The number of hydrogen-bond donors (Lipinski definition) is 1. The first-order valence-electron chi connectivity index (χ1n) is 13.3. The first kappa shape index (κ1) is 30.9. The molecule has 8 nitrogen and oxygen atoms in total. The number of hydrogen-bond acceptors (Lipinski definition) is 8. The lowest BCUT2D eigenvalue weighted by Gasteiger charge is -2.29. The highest BCUT2D eigenvalue weighted by molar-refractivity contribution is 7.99. The number of halogens is 1. The summed E-state index contributed by atoms with van der Waals surface area (Å²) >= 11 is 7.78. The number of benzene rings is 3. The van der Waals surface area contributed by atoms with Crippen molar-refractivity contribution in [2.45, 2.75) is 42.3 Å². The van der Waals surface area contributed by atoms with Crippen molar-refractivity contribution in [1.29, 1.82) is 0 Å². The van der Waals surface area contributed by atoms with Crippen molar-refractivity contribution in [2.75, 3.05) is 25.6 Å². The number of rotatable bonds is 14. The van der Waals surface area contributed by atoms with Crippen LogP contribution in [0.2, 0.25) is 5.02 Å². The van der Waals surface area contributed by atoms with E-state index in [0.29, 0.717) is 53.6 Å². The van der Waals surface area contributed by atoms with Gasteiger partial charge in [-0.25, -0.2) is 0 Å². The molecule has 3 aromatic carbocycles. The minimum Gasteiger partial charge on any atom is -0.496 e. The maximum atomic E-state index is 14.2. The lowest BCUT2D eigenvalue weighted by Crippen LogP contribution is -2.21. The second-order valence-corrected chi connectivity index (χ2v) is 12.6. The zero-order chi connectivity index (χ0) is 29.2. The topological polar surface area (TPSA) is 91.7 Å². The van der Waals surface area contributed by atoms with Gasteiger partial charge in [-0.05, 0) is 55.3 Å². The fourth-order valence-corrected chi connectivity index (χ4v) is 7.14. The van der Waals surface area contributed by atoms with Crippen LogP contribution in [0.1, 0.15) is 38.0 Å². The summed E-state index contributed by atoms with van der Waals surface area (Å²) in [5.74, 6) is -0.232. The largest absolute Gasteiger partial charge is 0.496 e. The van der Waals surface area contributed by atoms with E-state index < -0.39 is 18.9 Å². The third-order valence-electron chi connectivity index (χ3n) is 5.97. The lowest BCUT2D eigenvalue weighted by atomic mass is 10.2. The number of nitrogens with zero attached hydrogens (tertiary/aromatic N) is 2. The van der Waals surface area contributed by atoms with Crippen LogP contribution >= 0.6 is 31.0 Å². The van der Waals surface area contributed by atoms with Crippen molar-refractivity contribution in [1.82, 2.24) is 9.78 Å². The van der Waals surface area contributed by atoms with E-state index in [0.717, 1.165) is 4.90 Å². The smallest absolute Gasteiger partial charge is 0.357 e. The Bertz CT molecular complexity index is 1520. The van der Waals surface area contributed by atoms with Crippen LogP contribution in [-0.4, -0.2) is 30.1 Å². The van der Waals surface area contributed by atoms with Gasteiger partial charge in [0.2, 0.25) is 0 Å². The average molecular weight is 614 g/mol. The fourth-order valence-electron chi connectivity index (χ4n) is 3.99. The molecule has 1 atom stereocenters. The van der Waals surface area contributed by atoms with Crippen LogP contribution in [0.4, 0.5) is 5.69 Å². The molecule has 0 saturated carbocycles. The highest BCUT2D eigenvalue weighted by Crippen LogP contribution is 2.62. The summed E-state index contributed by atoms with van der Waals surface area (Å²) in [6.07, 6.45) is 2.96. The molecule has 0 amide bonds. The number of para-hydroxylation sites is 2. The summed E-state index contributed by atoms with van der Waals surface area (Å²) in [7, 11) is -2.08. The second kappa shape index (κ2) is 14.7. The summed E-state index contributed by atoms with van der Waals surface area (Å²) in [6.45, 7) is 4.50. The Morgan fingerprint density at radius 2 is 1.59 bits per heavy atom. The summed E-state index contributed by atoms with van der Waals surface area (Å²) in [5.41, 5.74) is 1.62. The third-order valence-corrected chi connectivity index (χ3v) is 9.61. The maximum Gasteiger partial charge on any atom is 0.357 e. The Labute approximate surface area is 249 Å². The van der Waals surface area contributed by atoms with Gasteiger partial charge in [-0.2, -0.15) is 9.78 Å². The van der Waals surface area contributed by atoms with Crippen molar-refractivity contribution in [2.24, 2.45) is 0 Å². The van der Waals surface area contributed by atoms with Gasteiger partial charge in [0, 0.05) is 16.1 Å². The van der Waals surface area contributed by atoms with Crippen LogP contribution in [0.5, 0.6) is 5.75 Å². The summed E-state index contributed by atoms with van der Waals surface area (Å²) in [6, 6.07) is 24.0. The Balaban J connectivity index is 1.60. The van der Waals surface area contributed by atoms with E-state index in [9.17, 15) is 9.36 Å². The molecule has 0 bridgehead atoms. The van der Waals surface area contributed by atoms with Crippen LogP contribution in [0, 0.1) is 0 Å². The van der Waals surface area contributed by atoms with Crippen LogP contribution < -0.4 is 15.6 Å². The van der Waals surface area contributed by atoms with E-state index in [1.165, 1.54) is 16.4 Å². The van der Waals surface area contributed by atoms with Crippen LogP contribution in [0.15, 0.2) is 99.6 Å². The standard InChI is InChI=1S/C30H33ClN3O5PS/c1-4-19-38-40(36,39-20-5-2)29(25-13-9-10-14-26(25)37-3)33-22-15-17-24(18-16-22)41-27-21-32-34(30(35)28(27)31)23-11-7-6-8-12-23/h6-18,21,29,33H,4-5,19-20H2,1-3H3. The van der Waals surface area contributed by atoms with E-state index in [4.69, 9.17) is 25.4 Å². The molecular formula is C30H33ClN3O5PS. The van der Waals surface area contributed by atoms with Gasteiger partial charge in [0.1, 0.15) is 10.8 Å². The molecule has 216 valence electrons. The number of nitrogens with one attached hydrogen (secondary N) is 1. The maximum absolute atomic E-state index is 14.2. The number of ether oxygens (including phenoxy) is 1. The minimum absolute atomic E-state index is 0.0920. The summed E-state index contributed by atoms with van der Waals surface area (Å²) in [5, 5.41) is 7.77. The van der Waals surface area contributed by atoms with Crippen molar-refractivity contribution >= 4 is 36.6 Å². The molecule has 4 aromatic rings. The van der Waals surface area contributed by atoms with E-state index in [2.05, 4.69) is 10.4 Å². The van der Waals surface area contributed by atoms with Crippen molar-refractivity contribution < 1.29 is 18.3 Å². The Hall–Kier alpha value is -3.07. The number of methoxy groups -OCH3 is 1. The highest BCUT2D eigenvalue weighted by Gasteiger charge is 2.39. The molecular weight excluding hydrogens is 581 g/mol. The van der Waals surface area contributed by atoms with Crippen molar-refractivity contribution in [3.63, 3.8) is 0 Å². The molecule has 0 radical (unpaired) electrons. The zero-order valence-electron chi connectivity index (χ0n) is 23.2. The number of anilines is 1. The predicted octanol–water partition coefficient (Wildman–Crippen LogP) is 8.20. The molecule has 41 heavy (non-hydrogen) atoms. The second-order valence-electron chi connectivity index (χ2n) is 9.00. The predicted molar refractivity (Wildman–Crippen MR) is 165 cm³/mol. The third kappa shape index (κ3) is 7.61. The van der Waals surface area contributed by atoms with Gasteiger partial charge in [0.05, 0.1) is 37.1 Å². The fraction of sp³-hybridized carbons (Fsp3) is 0.267. The first-order valence-corrected chi connectivity index (χ1v) is 16.1. The van der Waals surface area contributed by atoms with E-state index >= 15 is 0 Å². The quantitative estimate of drug-likeness (QED) is 0.142. The van der Waals surface area contributed by atoms with Crippen LogP contribution in [-0.2, 0) is 13.6 Å². The van der Waals surface area contributed by atoms with Gasteiger partial charge in [-0.15, -0.1) is 0 Å². The Morgan fingerprint density at radius 1 is 0.951 bits per heavy atom. The van der Waals surface area contributed by atoms with E-state index in [1.54, 1.807) is 25.4 Å². The molecule has 4 rings (SSSR count). The van der Waals surface area contributed by atoms with Crippen LogP contribution in [0.25, 0.3) is 5.69 Å².